The van der Waals surface area contributed by atoms with E-state index in [1.54, 1.807) is 0 Å². The van der Waals surface area contributed by atoms with Crippen LogP contribution in [-0.4, -0.2) is 18.0 Å². The van der Waals surface area contributed by atoms with Gasteiger partial charge < -0.3 is 9.47 Å². The lowest BCUT2D eigenvalue weighted by Gasteiger charge is -2.20. The van der Waals surface area contributed by atoms with Gasteiger partial charge in [-0.3, -0.25) is 4.79 Å². The van der Waals surface area contributed by atoms with Crippen molar-refractivity contribution in [2.24, 2.45) is 0 Å². The molecule has 0 saturated heterocycles. The Morgan fingerprint density at radius 2 is 1.04 bits per heavy atom. The van der Waals surface area contributed by atoms with Gasteiger partial charge in [0.1, 0.15) is 17.3 Å². The summed E-state index contributed by atoms with van der Waals surface area (Å²) in [5.41, 5.74) is 4.18. The minimum Gasteiger partial charge on any atom is -0.491 e. The lowest BCUT2D eigenvalue weighted by atomic mass is 9.85. The maximum absolute atomic E-state index is 13.1. The van der Waals surface area contributed by atoms with Crippen molar-refractivity contribution in [2.45, 2.75) is 79.4 Å². The second-order valence-electron chi connectivity index (χ2n) is 8.23. The maximum Gasteiger partial charge on any atom is 0.147 e. The number of benzene rings is 2. The molecule has 3 nitrogen and oxygen atoms in total. The quantitative estimate of drug-likeness (QED) is 0.533. The molecule has 2 aromatic carbocycles. The number of carbonyl (C=O) groups is 1. The third-order valence-electron chi connectivity index (χ3n) is 4.98. The zero-order valence-corrected chi connectivity index (χ0v) is 18.5. The van der Waals surface area contributed by atoms with Crippen molar-refractivity contribution in [3.8, 4) is 11.5 Å². The average Bonchev–Trinajstić information content (AvgIpc) is 2.62. The molecule has 0 aliphatic heterocycles. The highest BCUT2D eigenvalue weighted by atomic mass is 16.5. The van der Waals surface area contributed by atoms with Gasteiger partial charge in [0, 0.05) is 11.8 Å². The van der Waals surface area contributed by atoms with Crippen molar-refractivity contribution in [3.05, 3.63) is 58.7 Å². The highest BCUT2D eigenvalue weighted by Crippen LogP contribution is 2.31. The zero-order valence-electron chi connectivity index (χ0n) is 18.5. The van der Waals surface area contributed by atoms with Gasteiger partial charge in [-0.1, -0.05) is 38.1 Å². The van der Waals surface area contributed by atoms with E-state index in [4.69, 9.17) is 9.47 Å². The molecule has 0 spiro atoms. The van der Waals surface area contributed by atoms with Crippen LogP contribution in [0.15, 0.2) is 36.4 Å². The van der Waals surface area contributed by atoms with Gasteiger partial charge in [0.05, 0.1) is 12.2 Å². The summed E-state index contributed by atoms with van der Waals surface area (Å²) in [6.07, 6.45) is 0.268. The van der Waals surface area contributed by atoms with Crippen LogP contribution in [-0.2, 0) is 4.79 Å². The molecule has 0 aliphatic carbocycles. The van der Waals surface area contributed by atoms with Crippen molar-refractivity contribution >= 4 is 5.78 Å². The zero-order chi connectivity index (χ0) is 21.0. The molecule has 0 aromatic heterocycles. The van der Waals surface area contributed by atoms with Crippen LogP contribution in [0, 0.1) is 13.8 Å². The van der Waals surface area contributed by atoms with E-state index in [0.717, 1.165) is 33.8 Å². The van der Waals surface area contributed by atoms with Crippen LogP contribution < -0.4 is 9.47 Å². The lowest BCUT2D eigenvalue weighted by molar-refractivity contribution is -0.121. The highest BCUT2D eigenvalue weighted by molar-refractivity contribution is 5.91. The Morgan fingerprint density at radius 3 is 1.32 bits per heavy atom. The molecule has 0 saturated carbocycles. The molecule has 28 heavy (non-hydrogen) atoms. The third kappa shape index (κ3) is 5.37. The first-order valence-corrected chi connectivity index (χ1v) is 10.2. The van der Waals surface area contributed by atoms with Gasteiger partial charge in [-0.25, -0.2) is 0 Å². The molecule has 0 amide bonds. The van der Waals surface area contributed by atoms with Crippen LogP contribution >= 0.6 is 0 Å². The van der Waals surface area contributed by atoms with Crippen molar-refractivity contribution in [2.75, 3.05) is 0 Å². The molecule has 0 radical (unpaired) electrons. The molecule has 0 fully saturated rings. The monoisotopic (exact) mass is 382 g/mol. The van der Waals surface area contributed by atoms with Gasteiger partial charge in [0.15, 0.2) is 0 Å². The number of ether oxygens (including phenoxy) is 2. The van der Waals surface area contributed by atoms with Gasteiger partial charge >= 0.3 is 0 Å². The van der Waals surface area contributed by atoms with Crippen molar-refractivity contribution in [1.82, 2.24) is 0 Å². The molecule has 2 rings (SSSR count). The number of hydrogen-bond acceptors (Lipinski definition) is 3. The number of rotatable bonds is 8. The summed E-state index contributed by atoms with van der Waals surface area (Å²) in [6.45, 7) is 16.1. The Labute approximate surface area is 170 Å². The molecule has 152 valence electrons. The van der Waals surface area contributed by atoms with E-state index in [-0.39, 0.29) is 29.8 Å². The molecule has 0 N–H and O–H groups in total. The van der Waals surface area contributed by atoms with Gasteiger partial charge in [-0.05, 0) is 75.9 Å². The topological polar surface area (TPSA) is 35.5 Å². The SMILES string of the molecule is Cc1cc(C(C)C(=O)C(C)c2ccc(OC(C)C)c(C)c2)ccc1OC(C)C. The van der Waals surface area contributed by atoms with E-state index in [1.165, 1.54) is 0 Å². The molecule has 0 aliphatic rings. The Hall–Kier alpha value is -2.29. The van der Waals surface area contributed by atoms with Gasteiger partial charge in [-0.2, -0.15) is 0 Å². The standard InChI is InChI=1S/C25H34O3/c1-15(2)27-23-11-9-21(13-17(23)5)19(7)25(26)20(8)22-10-12-24(18(6)14-22)28-16(3)4/h9-16,19-20H,1-8H3. The van der Waals surface area contributed by atoms with E-state index < -0.39 is 0 Å². The first-order chi connectivity index (χ1) is 13.1. The predicted molar refractivity (Wildman–Crippen MR) is 116 cm³/mol. The minimum absolute atomic E-state index is 0.134. The first kappa shape index (κ1) is 22.0. The van der Waals surface area contributed by atoms with Crippen molar-refractivity contribution in [1.29, 1.82) is 0 Å². The van der Waals surface area contributed by atoms with E-state index >= 15 is 0 Å². The maximum atomic E-state index is 13.1. The largest absolute Gasteiger partial charge is 0.491 e. The molecule has 2 atom stereocenters. The summed E-state index contributed by atoms with van der Waals surface area (Å²) >= 11 is 0. The molecule has 0 bridgehead atoms. The Morgan fingerprint density at radius 1 is 0.679 bits per heavy atom. The van der Waals surface area contributed by atoms with Gasteiger partial charge in [0.2, 0.25) is 0 Å². The molecule has 0 heterocycles. The summed E-state index contributed by atoms with van der Waals surface area (Å²) in [5.74, 6) is 1.63. The third-order valence-corrected chi connectivity index (χ3v) is 4.98. The fourth-order valence-corrected chi connectivity index (χ4v) is 3.36. The predicted octanol–water partition coefficient (Wildman–Crippen LogP) is 6.35. The average molecular weight is 383 g/mol. The lowest BCUT2D eigenvalue weighted by Crippen LogP contribution is -2.17. The van der Waals surface area contributed by atoms with Crippen LogP contribution in [0.2, 0.25) is 0 Å². The van der Waals surface area contributed by atoms with E-state index in [9.17, 15) is 4.79 Å². The normalized spacial score (nSPS) is 13.5. The van der Waals surface area contributed by atoms with Crippen LogP contribution in [0.1, 0.15) is 75.6 Å². The van der Waals surface area contributed by atoms with Crippen LogP contribution in [0.5, 0.6) is 11.5 Å². The van der Waals surface area contributed by atoms with E-state index in [2.05, 4.69) is 12.1 Å². The molecular formula is C25H34O3. The van der Waals surface area contributed by atoms with Crippen molar-refractivity contribution in [3.63, 3.8) is 0 Å². The van der Waals surface area contributed by atoms with Crippen LogP contribution in [0.25, 0.3) is 0 Å². The number of Topliss-reactive ketones (excluding diaryl/α,β-unsaturated/α-hetero) is 1. The Balaban J connectivity index is 2.18. The van der Waals surface area contributed by atoms with Gasteiger partial charge in [-0.15, -0.1) is 0 Å². The molecule has 2 unspecified atom stereocenters. The number of carbonyl (C=O) groups excluding carboxylic acids is 1. The summed E-state index contributed by atoms with van der Waals surface area (Å²) < 4.78 is 11.6. The number of hydrogen-bond donors (Lipinski definition) is 0. The smallest absolute Gasteiger partial charge is 0.147 e. The van der Waals surface area contributed by atoms with Gasteiger partial charge in [0.25, 0.3) is 0 Å². The molecule has 2 aromatic rings. The van der Waals surface area contributed by atoms with Crippen molar-refractivity contribution < 1.29 is 14.3 Å². The molecular weight excluding hydrogens is 348 g/mol. The van der Waals surface area contributed by atoms with Crippen LogP contribution in [0.4, 0.5) is 0 Å². The molecule has 3 heteroatoms. The Kier molecular flexibility index (Phi) is 7.29. The second kappa shape index (κ2) is 9.27. The summed E-state index contributed by atoms with van der Waals surface area (Å²) in [4.78, 5) is 13.1. The Bertz CT molecular complexity index is 753. The minimum atomic E-state index is -0.173. The summed E-state index contributed by atoms with van der Waals surface area (Å²) in [5, 5.41) is 0. The van der Waals surface area contributed by atoms with Crippen LogP contribution in [0.3, 0.4) is 0 Å². The first-order valence-electron chi connectivity index (χ1n) is 10.2. The fraction of sp³-hybridized carbons (Fsp3) is 0.480. The highest BCUT2D eigenvalue weighted by Gasteiger charge is 2.24. The van der Waals surface area contributed by atoms with E-state index in [1.807, 2.05) is 79.7 Å². The summed E-state index contributed by atoms with van der Waals surface area (Å²) in [7, 11) is 0. The fourth-order valence-electron chi connectivity index (χ4n) is 3.36. The second-order valence-corrected chi connectivity index (χ2v) is 8.23. The number of aryl methyl sites for hydroxylation is 2. The van der Waals surface area contributed by atoms with E-state index in [0.29, 0.717) is 0 Å². The number of ketones is 1. The summed E-state index contributed by atoms with van der Waals surface area (Å²) in [6, 6.07) is 12.1.